The van der Waals surface area contributed by atoms with Gasteiger partial charge in [-0.05, 0) is 43.7 Å². The van der Waals surface area contributed by atoms with Crippen molar-refractivity contribution in [1.29, 1.82) is 0 Å². The third-order valence-corrected chi connectivity index (χ3v) is 6.74. The molecule has 0 spiro atoms. The van der Waals surface area contributed by atoms with Crippen LogP contribution in [0.25, 0.3) is 0 Å². The highest BCUT2D eigenvalue weighted by Crippen LogP contribution is 2.30. The third-order valence-electron chi connectivity index (χ3n) is 3.57. The van der Waals surface area contributed by atoms with Crippen molar-refractivity contribution in [2.45, 2.75) is 42.0 Å². The first-order chi connectivity index (χ1) is 9.79. The van der Waals surface area contributed by atoms with Crippen molar-refractivity contribution in [1.82, 2.24) is 4.72 Å². The first-order valence-corrected chi connectivity index (χ1v) is 9.16. The lowest BCUT2D eigenvalue weighted by molar-refractivity contribution is -0.141. The molecular formula is C12H16ClNO5S2. The van der Waals surface area contributed by atoms with Gasteiger partial charge in [-0.1, -0.05) is 11.6 Å². The Balaban J connectivity index is 2.14. The summed E-state index contributed by atoms with van der Waals surface area (Å²) in [5.74, 6) is -1.53. The Morgan fingerprint density at radius 1 is 1.33 bits per heavy atom. The zero-order chi connectivity index (χ0) is 15.6. The Labute approximate surface area is 131 Å². The second-order valence-corrected chi connectivity index (χ2v) is 8.72. The van der Waals surface area contributed by atoms with Crippen molar-refractivity contribution in [2.24, 2.45) is 5.92 Å². The minimum atomic E-state index is -3.91. The quantitative estimate of drug-likeness (QED) is 0.747. The number of aliphatic hydroxyl groups excluding tert-OH is 1. The van der Waals surface area contributed by atoms with Crippen LogP contribution in [0.15, 0.2) is 16.3 Å². The van der Waals surface area contributed by atoms with Gasteiger partial charge in [0.15, 0.2) is 0 Å². The van der Waals surface area contributed by atoms with Crippen LogP contribution in [0.5, 0.6) is 0 Å². The van der Waals surface area contributed by atoms with E-state index in [1.165, 1.54) is 12.1 Å². The Morgan fingerprint density at radius 3 is 2.43 bits per heavy atom. The Hall–Kier alpha value is -0.670. The summed E-state index contributed by atoms with van der Waals surface area (Å²) >= 11 is 6.59. The SMILES string of the molecule is O=C(O)C(NS(=O)(=O)c1ccc(Cl)s1)C1CCC(O)CC1. The van der Waals surface area contributed by atoms with Crippen molar-refractivity contribution < 1.29 is 23.4 Å². The van der Waals surface area contributed by atoms with E-state index >= 15 is 0 Å². The molecule has 9 heteroatoms. The molecule has 1 unspecified atom stereocenters. The van der Waals surface area contributed by atoms with Crippen LogP contribution in [-0.4, -0.2) is 36.7 Å². The van der Waals surface area contributed by atoms with Gasteiger partial charge < -0.3 is 10.2 Å². The number of aliphatic hydroxyl groups is 1. The van der Waals surface area contributed by atoms with E-state index in [0.717, 1.165) is 11.3 Å². The predicted octanol–water partition coefficient (Wildman–Crippen LogP) is 1.68. The van der Waals surface area contributed by atoms with E-state index in [1.54, 1.807) is 0 Å². The molecule has 0 bridgehead atoms. The number of carbonyl (C=O) groups is 1. The van der Waals surface area contributed by atoms with Gasteiger partial charge in [0.25, 0.3) is 10.0 Å². The van der Waals surface area contributed by atoms with E-state index in [9.17, 15) is 23.4 Å². The fourth-order valence-electron chi connectivity index (χ4n) is 2.45. The maximum Gasteiger partial charge on any atom is 0.322 e. The molecule has 1 aliphatic carbocycles. The number of thiophene rings is 1. The minimum absolute atomic E-state index is 0.00501. The van der Waals surface area contributed by atoms with Crippen LogP contribution in [-0.2, 0) is 14.8 Å². The topological polar surface area (TPSA) is 104 Å². The van der Waals surface area contributed by atoms with Crippen LogP contribution in [0.1, 0.15) is 25.7 Å². The van der Waals surface area contributed by atoms with Gasteiger partial charge in [-0.3, -0.25) is 4.79 Å². The number of hydrogen-bond acceptors (Lipinski definition) is 5. The maximum atomic E-state index is 12.2. The number of hydrogen-bond donors (Lipinski definition) is 3. The molecule has 118 valence electrons. The van der Waals surface area contributed by atoms with E-state index < -0.39 is 28.1 Å². The van der Waals surface area contributed by atoms with E-state index in [0.29, 0.717) is 30.0 Å². The number of rotatable bonds is 5. The Morgan fingerprint density at radius 2 is 1.95 bits per heavy atom. The highest BCUT2D eigenvalue weighted by molar-refractivity contribution is 7.91. The van der Waals surface area contributed by atoms with Gasteiger partial charge in [-0.2, -0.15) is 4.72 Å². The number of carboxylic acid groups (broad SMARTS) is 1. The fourth-order valence-corrected chi connectivity index (χ4v) is 5.21. The highest BCUT2D eigenvalue weighted by Gasteiger charge is 2.35. The first-order valence-electron chi connectivity index (χ1n) is 6.48. The van der Waals surface area contributed by atoms with E-state index in [2.05, 4.69) is 4.72 Å². The molecule has 6 nitrogen and oxygen atoms in total. The summed E-state index contributed by atoms with van der Waals surface area (Å²) in [7, 11) is -3.91. The monoisotopic (exact) mass is 353 g/mol. The molecule has 1 aromatic heterocycles. The van der Waals surface area contributed by atoms with Gasteiger partial charge in [0, 0.05) is 0 Å². The molecule has 0 saturated heterocycles. The van der Waals surface area contributed by atoms with Gasteiger partial charge in [-0.25, -0.2) is 8.42 Å². The lowest BCUT2D eigenvalue weighted by Gasteiger charge is -2.30. The third kappa shape index (κ3) is 4.17. The Bertz CT molecular complexity index is 607. The predicted molar refractivity (Wildman–Crippen MR) is 79.0 cm³/mol. The molecule has 3 N–H and O–H groups in total. The van der Waals surface area contributed by atoms with Gasteiger partial charge >= 0.3 is 5.97 Å². The van der Waals surface area contributed by atoms with E-state index in [-0.39, 0.29) is 10.1 Å². The molecule has 1 aliphatic rings. The van der Waals surface area contributed by atoms with Gasteiger partial charge in [0.05, 0.1) is 10.4 Å². The zero-order valence-corrected chi connectivity index (χ0v) is 13.4. The van der Waals surface area contributed by atoms with Gasteiger partial charge in [-0.15, -0.1) is 11.3 Å². The molecule has 2 rings (SSSR count). The smallest absolute Gasteiger partial charge is 0.322 e. The minimum Gasteiger partial charge on any atom is -0.480 e. The van der Waals surface area contributed by atoms with Crippen LogP contribution in [0.4, 0.5) is 0 Å². The van der Waals surface area contributed by atoms with Crippen molar-refractivity contribution in [3.05, 3.63) is 16.5 Å². The molecule has 0 aromatic carbocycles. The number of halogens is 1. The maximum absolute atomic E-state index is 12.2. The summed E-state index contributed by atoms with van der Waals surface area (Å²) in [5.41, 5.74) is 0. The average molecular weight is 354 g/mol. The zero-order valence-electron chi connectivity index (χ0n) is 11.0. The van der Waals surface area contributed by atoms with Crippen molar-refractivity contribution in [3.8, 4) is 0 Å². The summed E-state index contributed by atoms with van der Waals surface area (Å²) < 4.78 is 27.0. The van der Waals surface area contributed by atoms with Crippen molar-refractivity contribution >= 4 is 38.9 Å². The molecule has 1 aromatic rings. The largest absolute Gasteiger partial charge is 0.480 e. The second-order valence-electron chi connectivity index (χ2n) is 5.06. The molecule has 0 amide bonds. The van der Waals surface area contributed by atoms with Crippen molar-refractivity contribution in [3.63, 3.8) is 0 Å². The summed E-state index contributed by atoms with van der Waals surface area (Å²) in [5, 5.41) is 18.8. The molecule has 0 aliphatic heterocycles. The van der Waals surface area contributed by atoms with Crippen LogP contribution in [0.3, 0.4) is 0 Å². The van der Waals surface area contributed by atoms with Crippen molar-refractivity contribution in [2.75, 3.05) is 0 Å². The number of nitrogens with one attached hydrogen (secondary N) is 1. The lowest BCUT2D eigenvalue weighted by Crippen LogP contribution is -2.47. The number of carboxylic acids is 1. The van der Waals surface area contributed by atoms with E-state index in [1.807, 2.05) is 0 Å². The molecule has 1 heterocycles. The first kappa shape index (κ1) is 16.7. The normalized spacial score (nSPS) is 24.7. The summed E-state index contributed by atoms with van der Waals surface area (Å²) in [6, 6.07) is 1.61. The fraction of sp³-hybridized carbons (Fsp3) is 0.583. The molecule has 21 heavy (non-hydrogen) atoms. The Kier molecular flexibility index (Phi) is 5.26. The van der Waals surface area contributed by atoms with Crippen LogP contribution >= 0.6 is 22.9 Å². The molecule has 1 fully saturated rings. The molecule has 0 radical (unpaired) electrons. The molecule has 1 saturated carbocycles. The highest BCUT2D eigenvalue weighted by atomic mass is 35.5. The summed E-state index contributed by atoms with van der Waals surface area (Å²) in [6.07, 6.45) is 1.50. The summed E-state index contributed by atoms with van der Waals surface area (Å²) in [6.45, 7) is 0. The van der Waals surface area contributed by atoms with Crippen LogP contribution < -0.4 is 4.72 Å². The number of aliphatic carboxylic acids is 1. The molecule has 1 atom stereocenters. The lowest BCUT2D eigenvalue weighted by atomic mass is 9.83. The van der Waals surface area contributed by atoms with Gasteiger partial charge in [0.1, 0.15) is 10.3 Å². The van der Waals surface area contributed by atoms with E-state index in [4.69, 9.17) is 11.6 Å². The van der Waals surface area contributed by atoms with Crippen LogP contribution in [0.2, 0.25) is 4.34 Å². The average Bonchev–Trinajstić information content (AvgIpc) is 2.84. The standard InChI is InChI=1S/C12H16ClNO5S2/c13-9-5-6-10(20-9)21(18,19)14-11(12(16)17)7-1-3-8(15)4-2-7/h5-8,11,14-15H,1-4H2,(H,16,17). The van der Waals surface area contributed by atoms with Crippen LogP contribution in [0, 0.1) is 5.92 Å². The summed E-state index contributed by atoms with van der Waals surface area (Å²) in [4.78, 5) is 11.4. The van der Waals surface area contributed by atoms with Gasteiger partial charge in [0.2, 0.25) is 0 Å². The second kappa shape index (κ2) is 6.62. The number of sulfonamides is 1. The molecular weight excluding hydrogens is 338 g/mol.